The average molecular weight is 364 g/mol. The van der Waals surface area contributed by atoms with Crippen LogP contribution in [0.2, 0.25) is 0 Å². The second-order valence-corrected chi connectivity index (χ2v) is 7.02. The van der Waals surface area contributed by atoms with Gasteiger partial charge >= 0.3 is 0 Å². The molecule has 0 radical (unpaired) electrons. The lowest BCUT2D eigenvalue weighted by molar-refractivity contribution is 0.407. The normalized spacial score (nSPS) is 31.0. The van der Waals surface area contributed by atoms with Gasteiger partial charge in [0, 0.05) is 18.3 Å². The van der Waals surface area contributed by atoms with Gasteiger partial charge in [-0.2, -0.15) is 5.10 Å². The zero-order valence-electron chi connectivity index (χ0n) is 13.5. The van der Waals surface area contributed by atoms with E-state index in [1.165, 1.54) is 6.20 Å². The van der Waals surface area contributed by atoms with Gasteiger partial charge in [0.05, 0.1) is 17.1 Å². The molecule has 7 nitrogen and oxygen atoms in total. The molecule has 1 saturated carbocycles. The summed E-state index contributed by atoms with van der Waals surface area (Å²) < 4.78 is 14.2. The highest BCUT2D eigenvalue weighted by Gasteiger charge is 2.34. The molecule has 0 amide bonds. The minimum absolute atomic E-state index is 0.117. The highest BCUT2D eigenvalue weighted by molar-refractivity contribution is 6.39. The number of anilines is 1. The fraction of sp³-hybridized carbons (Fsp3) is 0.500. The van der Waals surface area contributed by atoms with E-state index in [1.54, 1.807) is 6.21 Å². The van der Waals surface area contributed by atoms with E-state index in [0.717, 1.165) is 25.7 Å². The van der Waals surface area contributed by atoms with E-state index >= 15 is 0 Å². The molecular weight excluding hydrogens is 345 g/mol. The minimum Gasteiger partial charge on any atom is -0.365 e. The fourth-order valence-corrected chi connectivity index (χ4v) is 3.64. The fourth-order valence-electron chi connectivity index (χ4n) is 3.45. The predicted molar refractivity (Wildman–Crippen MR) is 95.2 cm³/mol. The highest BCUT2D eigenvalue weighted by atomic mass is 35.5. The third kappa shape index (κ3) is 3.36. The molecule has 3 aliphatic rings. The molecule has 4 atom stereocenters. The van der Waals surface area contributed by atoms with E-state index in [9.17, 15) is 4.39 Å². The van der Waals surface area contributed by atoms with Crippen molar-refractivity contribution >= 4 is 29.3 Å². The maximum atomic E-state index is 14.2. The SMILES string of the molecule is N[C@@H]1CCCC(Nc2nc(C3=NNC4N=CC(Cl)=CC34)ncc2F)C1. The molecule has 1 fully saturated rings. The molecule has 0 spiro atoms. The van der Waals surface area contributed by atoms with Gasteiger partial charge in [0.2, 0.25) is 0 Å². The van der Waals surface area contributed by atoms with Gasteiger partial charge in [-0.15, -0.1) is 0 Å². The first-order chi connectivity index (χ1) is 12.1. The van der Waals surface area contributed by atoms with E-state index in [4.69, 9.17) is 17.3 Å². The molecule has 3 heterocycles. The van der Waals surface area contributed by atoms with Crippen LogP contribution in [0.25, 0.3) is 0 Å². The number of fused-ring (bicyclic) bond motifs is 1. The van der Waals surface area contributed by atoms with Crippen molar-refractivity contribution in [2.24, 2.45) is 21.7 Å². The van der Waals surface area contributed by atoms with E-state index in [0.29, 0.717) is 16.6 Å². The van der Waals surface area contributed by atoms with E-state index < -0.39 is 5.82 Å². The maximum Gasteiger partial charge on any atom is 0.183 e. The summed E-state index contributed by atoms with van der Waals surface area (Å²) in [4.78, 5) is 12.7. The van der Waals surface area contributed by atoms with Crippen LogP contribution in [0.1, 0.15) is 31.5 Å². The van der Waals surface area contributed by atoms with Crippen molar-refractivity contribution in [3.8, 4) is 0 Å². The Morgan fingerprint density at radius 1 is 1.36 bits per heavy atom. The van der Waals surface area contributed by atoms with Gasteiger partial charge in [-0.05, 0) is 25.7 Å². The quantitative estimate of drug-likeness (QED) is 0.759. The highest BCUT2D eigenvalue weighted by Crippen LogP contribution is 2.26. The molecule has 1 aliphatic carbocycles. The van der Waals surface area contributed by atoms with Gasteiger partial charge in [0.25, 0.3) is 0 Å². The van der Waals surface area contributed by atoms with Gasteiger partial charge in [0.15, 0.2) is 17.5 Å². The van der Waals surface area contributed by atoms with Crippen LogP contribution >= 0.6 is 11.6 Å². The minimum atomic E-state index is -0.485. The first-order valence-corrected chi connectivity index (χ1v) is 8.76. The molecule has 0 saturated heterocycles. The molecule has 4 rings (SSSR count). The Hall–Kier alpha value is -2.06. The number of allylic oxidation sites excluding steroid dienone is 1. The second kappa shape index (κ2) is 6.68. The Bertz CT molecular complexity index is 763. The van der Waals surface area contributed by atoms with Crippen LogP contribution in [0, 0.1) is 11.7 Å². The van der Waals surface area contributed by atoms with Crippen LogP contribution in [0.5, 0.6) is 0 Å². The lowest BCUT2D eigenvalue weighted by Crippen LogP contribution is -2.35. The van der Waals surface area contributed by atoms with E-state index in [1.807, 2.05) is 6.08 Å². The van der Waals surface area contributed by atoms with Gasteiger partial charge in [-0.25, -0.2) is 14.4 Å². The maximum absolute atomic E-state index is 14.2. The van der Waals surface area contributed by atoms with Crippen molar-refractivity contribution in [2.75, 3.05) is 5.32 Å². The summed E-state index contributed by atoms with van der Waals surface area (Å²) in [6, 6.07) is 0.262. The monoisotopic (exact) mass is 363 g/mol. The van der Waals surface area contributed by atoms with Gasteiger partial charge in [-0.3, -0.25) is 10.4 Å². The van der Waals surface area contributed by atoms with E-state index in [-0.39, 0.29) is 30.0 Å². The summed E-state index contributed by atoms with van der Waals surface area (Å²) in [6.45, 7) is 0. The molecule has 0 bridgehead atoms. The summed E-state index contributed by atoms with van der Waals surface area (Å²) in [5.74, 6) is -0.105. The molecule has 132 valence electrons. The molecule has 2 aliphatic heterocycles. The van der Waals surface area contributed by atoms with Crippen LogP contribution < -0.4 is 16.5 Å². The van der Waals surface area contributed by atoms with Crippen molar-refractivity contribution in [3.63, 3.8) is 0 Å². The van der Waals surface area contributed by atoms with Crippen LogP contribution in [-0.2, 0) is 0 Å². The van der Waals surface area contributed by atoms with E-state index in [2.05, 4.69) is 30.8 Å². The number of rotatable bonds is 3. The molecule has 4 N–H and O–H groups in total. The summed E-state index contributed by atoms with van der Waals surface area (Å²) in [5, 5.41) is 7.98. The average Bonchev–Trinajstić information content (AvgIpc) is 3.00. The molecule has 3 unspecified atom stereocenters. The molecule has 9 heteroatoms. The largest absolute Gasteiger partial charge is 0.365 e. The van der Waals surface area contributed by atoms with Gasteiger partial charge in [-0.1, -0.05) is 17.7 Å². The number of aliphatic imine (C=N–C) groups is 1. The molecule has 25 heavy (non-hydrogen) atoms. The van der Waals surface area contributed by atoms with Crippen molar-refractivity contribution in [1.29, 1.82) is 0 Å². The van der Waals surface area contributed by atoms with Crippen molar-refractivity contribution in [3.05, 3.63) is 28.9 Å². The summed E-state index contributed by atoms with van der Waals surface area (Å²) in [7, 11) is 0. The number of dihydropyridines is 1. The van der Waals surface area contributed by atoms with Crippen LogP contribution in [-0.4, -0.2) is 40.1 Å². The van der Waals surface area contributed by atoms with Gasteiger partial charge < -0.3 is 11.1 Å². The Morgan fingerprint density at radius 2 is 2.24 bits per heavy atom. The second-order valence-electron chi connectivity index (χ2n) is 6.58. The van der Waals surface area contributed by atoms with Gasteiger partial charge in [0.1, 0.15) is 11.9 Å². The number of nitrogens with two attached hydrogens (primary N) is 1. The molecule has 1 aromatic heterocycles. The smallest absolute Gasteiger partial charge is 0.183 e. The topological polar surface area (TPSA) is 101 Å². The van der Waals surface area contributed by atoms with Crippen molar-refractivity contribution < 1.29 is 4.39 Å². The lowest BCUT2D eigenvalue weighted by Gasteiger charge is -2.27. The van der Waals surface area contributed by atoms with Crippen LogP contribution in [0.15, 0.2) is 27.4 Å². The summed E-state index contributed by atoms with van der Waals surface area (Å²) in [5.41, 5.74) is 9.53. The predicted octanol–water partition coefficient (Wildman–Crippen LogP) is 1.75. The third-order valence-electron chi connectivity index (χ3n) is 4.70. The zero-order valence-corrected chi connectivity index (χ0v) is 14.2. The summed E-state index contributed by atoms with van der Waals surface area (Å²) >= 11 is 6.04. The Kier molecular flexibility index (Phi) is 4.39. The number of hydrogen-bond donors (Lipinski definition) is 3. The van der Waals surface area contributed by atoms with Crippen LogP contribution in [0.3, 0.4) is 0 Å². The number of hydrogen-bond acceptors (Lipinski definition) is 7. The van der Waals surface area contributed by atoms with Crippen molar-refractivity contribution in [1.82, 2.24) is 15.4 Å². The number of nitrogens with one attached hydrogen (secondary N) is 2. The first-order valence-electron chi connectivity index (χ1n) is 8.39. The third-order valence-corrected chi connectivity index (χ3v) is 4.92. The Labute approximate surface area is 149 Å². The molecular formula is C16H19ClFN7. The Morgan fingerprint density at radius 3 is 3.08 bits per heavy atom. The Balaban J connectivity index is 1.56. The summed E-state index contributed by atoms with van der Waals surface area (Å²) in [6.07, 6.45) is 8.16. The number of nitrogens with zero attached hydrogens (tertiary/aromatic N) is 4. The van der Waals surface area contributed by atoms with Crippen LogP contribution in [0.4, 0.5) is 10.2 Å². The zero-order chi connectivity index (χ0) is 17.4. The molecule has 1 aromatic rings. The first kappa shape index (κ1) is 16.4. The lowest BCUT2D eigenvalue weighted by atomic mass is 9.91. The standard InChI is InChI=1S/C16H19ClFN7/c17-8-4-11-13(24-25-14(11)20-6-8)16-21-7-12(18)15(23-16)22-10-3-1-2-9(19)5-10/h4,6-7,9-11,14,25H,1-3,5,19H2,(H,21,22,23)/t9-,10?,11?,14?/m1/s1. The number of aromatic nitrogens is 2. The number of halogens is 2. The number of hydrazone groups is 1. The van der Waals surface area contributed by atoms with Crippen molar-refractivity contribution in [2.45, 2.75) is 43.9 Å². The molecule has 0 aromatic carbocycles.